The molecule has 1 heterocycles. The summed E-state index contributed by atoms with van der Waals surface area (Å²) in [6.45, 7) is 0. The van der Waals surface area contributed by atoms with Crippen LogP contribution < -0.4 is 4.74 Å². The molecule has 0 saturated carbocycles. The first-order chi connectivity index (χ1) is 7.90. The Bertz CT molecular complexity index is 480. The Hall–Kier alpha value is -2.16. The summed E-state index contributed by atoms with van der Waals surface area (Å²) in [5, 5.41) is 0. The van der Waals surface area contributed by atoms with Crippen molar-refractivity contribution in [1.82, 2.24) is 9.97 Å². The predicted molar refractivity (Wildman–Crippen MR) is 64.0 cm³/mol. The summed E-state index contributed by atoms with van der Waals surface area (Å²) < 4.78 is 5.25. The number of para-hydroxylation sites is 1. The molecule has 0 fully saturated rings. The van der Waals surface area contributed by atoms with Gasteiger partial charge in [0.15, 0.2) is 0 Å². The standard InChI is InChI=1S/C13H12N2O/c1-16-13-5-3-2-4-12(13)7-6-11-8-14-10-15-9-11/h2-10H,1H3/b7-6+. The van der Waals surface area contributed by atoms with Crippen LogP contribution in [0, 0.1) is 0 Å². The van der Waals surface area contributed by atoms with Crippen LogP contribution in [0.3, 0.4) is 0 Å². The van der Waals surface area contributed by atoms with E-state index in [0.29, 0.717) is 0 Å². The van der Waals surface area contributed by atoms with Crippen LogP contribution in [0.15, 0.2) is 43.0 Å². The van der Waals surface area contributed by atoms with Crippen molar-refractivity contribution in [2.75, 3.05) is 7.11 Å². The maximum atomic E-state index is 5.25. The van der Waals surface area contributed by atoms with E-state index in [-0.39, 0.29) is 0 Å². The number of methoxy groups -OCH3 is 1. The van der Waals surface area contributed by atoms with E-state index in [1.165, 1.54) is 6.33 Å². The third kappa shape index (κ3) is 2.45. The first-order valence-corrected chi connectivity index (χ1v) is 4.96. The van der Waals surface area contributed by atoms with Gasteiger partial charge in [0, 0.05) is 23.5 Å². The second-order valence-corrected chi connectivity index (χ2v) is 3.25. The monoisotopic (exact) mass is 212 g/mol. The van der Waals surface area contributed by atoms with Crippen molar-refractivity contribution in [3.05, 3.63) is 54.1 Å². The molecule has 0 amide bonds. The van der Waals surface area contributed by atoms with Crippen LogP contribution in [0.2, 0.25) is 0 Å². The van der Waals surface area contributed by atoms with E-state index in [4.69, 9.17) is 4.74 Å². The highest BCUT2D eigenvalue weighted by Crippen LogP contribution is 2.19. The minimum Gasteiger partial charge on any atom is -0.496 e. The first-order valence-electron chi connectivity index (χ1n) is 4.96. The SMILES string of the molecule is COc1ccccc1/C=C/c1cncnc1. The van der Waals surface area contributed by atoms with Crippen LogP contribution >= 0.6 is 0 Å². The molecular weight excluding hydrogens is 200 g/mol. The lowest BCUT2D eigenvalue weighted by Crippen LogP contribution is -1.85. The second-order valence-electron chi connectivity index (χ2n) is 3.25. The van der Waals surface area contributed by atoms with Crippen molar-refractivity contribution < 1.29 is 4.74 Å². The summed E-state index contributed by atoms with van der Waals surface area (Å²) >= 11 is 0. The molecule has 2 rings (SSSR count). The van der Waals surface area contributed by atoms with E-state index >= 15 is 0 Å². The Morgan fingerprint density at radius 1 is 1.06 bits per heavy atom. The summed E-state index contributed by atoms with van der Waals surface area (Å²) in [5.74, 6) is 0.857. The van der Waals surface area contributed by atoms with Crippen molar-refractivity contribution >= 4 is 12.2 Å². The maximum Gasteiger partial charge on any atom is 0.126 e. The molecule has 1 aromatic carbocycles. The number of hydrogen-bond donors (Lipinski definition) is 0. The minimum absolute atomic E-state index is 0.857. The number of nitrogens with zero attached hydrogens (tertiary/aromatic N) is 2. The number of benzene rings is 1. The second kappa shape index (κ2) is 5.07. The zero-order valence-electron chi connectivity index (χ0n) is 9.00. The van der Waals surface area contributed by atoms with Gasteiger partial charge in [0.05, 0.1) is 7.11 Å². The topological polar surface area (TPSA) is 35.0 Å². The van der Waals surface area contributed by atoms with E-state index in [2.05, 4.69) is 9.97 Å². The molecule has 0 bridgehead atoms. The lowest BCUT2D eigenvalue weighted by atomic mass is 10.1. The molecule has 0 aliphatic heterocycles. The van der Waals surface area contributed by atoms with E-state index in [9.17, 15) is 0 Å². The van der Waals surface area contributed by atoms with Crippen molar-refractivity contribution in [2.45, 2.75) is 0 Å². The van der Waals surface area contributed by atoms with Crippen molar-refractivity contribution in [2.24, 2.45) is 0 Å². The fourth-order valence-electron chi connectivity index (χ4n) is 1.39. The van der Waals surface area contributed by atoms with Crippen LogP contribution in [-0.4, -0.2) is 17.1 Å². The normalized spacial score (nSPS) is 10.6. The van der Waals surface area contributed by atoms with Gasteiger partial charge in [0.25, 0.3) is 0 Å². The van der Waals surface area contributed by atoms with Gasteiger partial charge in [-0.15, -0.1) is 0 Å². The van der Waals surface area contributed by atoms with Gasteiger partial charge in [-0.2, -0.15) is 0 Å². The highest BCUT2D eigenvalue weighted by atomic mass is 16.5. The predicted octanol–water partition coefficient (Wildman–Crippen LogP) is 2.66. The molecule has 16 heavy (non-hydrogen) atoms. The Labute approximate surface area is 94.4 Å². The smallest absolute Gasteiger partial charge is 0.126 e. The fourth-order valence-corrected chi connectivity index (χ4v) is 1.39. The summed E-state index contributed by atoms with van der Waals surface area (Å²) in [7, 11) is 1.66. The number of rotatable bonds is 3. The maximum absolute atomic E-state index is 5.25. The summed E-state index contributed by atoms with van der Waals surface area (Å²) in [6.07, 6.45) is 8.98. The van der Waals surface area contributed by atoms with Crippen molar-refractivity contribution in [3.63, 3.8) is 0 Å². The van der Waals surface area contributed by atoms with Crippen LogP contribution in [-0.2, 0) is 0 Å². The van der Waals surface area contributed by atoms with Gasteiger partial charge >= 0.3 is 0 Å². The van der Waals surface area contributed by atoms with E-state index in [1.807, 2.05) is 36.4 Å². The minimum atomic E-state index is 0.857. The van der Waals surface area contributed by atoms with E-state index < -0.39 is 0 Å². The molecular formula is C13H12N2O. The van der Waals surface area contributed by atoms with Crippen molar-refractivity contribution in [3.8, 4) is 5.75 Å². The lowest BCUT2D eigenvalue weighted by molar-refractivity contribution is 0.414. The molecule has 3 heteroatoms. The Morgan fingerprint density at radius 3 is 2.56 bits per heavy atom. The quantitative estimate of drug-likeness (QED) is 0.784. The molecule has 0 aliphatic carbocycles. The molecule has 0 radical (unpaired) electrons. The molecule has 0 spiro atoms. The molecule has 0 aliphatic rings. The third-order valence-corrected chi connectivity index (χ3v) is 2.17. The average Bonchev–Trinajstić information content (AvgIpc) is 2.38. The van der Waals surface area contributed by atoms with Gasteiger partial charge < -0.3 is 4.74 Å². The summed E-state index contributed by atoms with van der Waals surface area (Å²) in [6, 6.07) is 7.85. The van der Waals surface area contributed by atoms with Crippen LogP contribution in [0.5, 0.6) is 5.75 Å². The fraction of sp³-hybridized carbons (Fsp3) is 0.0769. The lowest BCUT2D eigenvalue weighted by Gasteiger charge is -2.02. The summed E-state index contributed by atoms with van der Waals surface area (Å²) in [5.41, 5.74) is 2.00. The average molecular weight is 212 g/mol. The molecule has 3 nitrogen and oxygen atoms in total. The Balaban J connectivity index is 2.24. The number of hydrogen-bond acceptors (Lipinski definition) is 3. The van der Waals surface area contributed by atoms with Gasteiger partial charge in [-0.1, -0.05) is 30.4 Å². The van der Waals surface area contributed by atoms with E-state index in [0.717, 1.165) is 16.9 Å². The Kier molecular flexibility index (Phi) is 3.28. The highest BCUT2D eigenvalue weighted by Gasteiger charge is 1.96. The van der Waals surface area contributed by atoms with Crippen LogP contribution in [0.4, 0.5) is 0 Å². The largest absolute Gasteiger partial charge is 0.496 e. The third-order valence-electron chi connectivity index (χ3n) is 2.17. The first kappa shape index (κ1) is 10.4. The molecule has 0 N–H and O–H groups in total. The molecule has 0 atom stereocenters. The number of aromatic nitrogens is 2. The molecule has 1 aromatic heterocycles. The molecule has 2 aromatic rings. The van der Waals surface area contributed by atoms with Crippen molar-refractivity contribution in [1.29, 1.82) is 0 Å². The zero-order valence-corrected chi connectivity index (χ0v) is 9.00. The van der Waals surface area contributed by atoms with Gasteiger partial charge in [-0.25, -0.2) is 9.97 Å². The van der Waals surface area contributed by atoms with Gasteiger partial charge in [0.1, 0.15) is 12.1 Å². The van der Waals surface area contributed by atoms with E-state index in [1.54, 1.807) is 19.5 Å². The van der Waals surface area contributed by atoms with Gasteiger partial charge in [-0.05, 0) is 6.07 Å². The number of ether oxygens (including phenoxy) is 1. The molecule has 0 unspecified atom stereocenters. The van der Waals surface area contributed by atoms with Crippen LogP contribution in [0.1, 0.15) is 11.1 Å². The molecule has 80 valence electrons. The Morgan fingerprint density at radius 2 is 1.81 bits per heavy atom. The zero-order chi connectivity index (χ0) is 11.2. The van der Waals surface area contributed by atoms with Gasteiger partial charge in [0.2, 0.25) is 0 Å². The van der Waals surface area contributed by atoms with Gasteiger partial charge in [-0.3, -0.25) is 0 Å². The molecule has 0 saturated heterocycles. The van der Waals surface area contributed by atoms with Crippen LogP contribution in [0.25, 0.3) is 12.2 Å². The highest BCUT2D eigenvalue weighted by molar-refractivity contribution is 5.71. The summed E-state index contributed by atoms with van der Waals surface area (Å²) in [4.78, 5) is 7.89.